The minimum atomic E-state index is -3.44. The van der Waals surface area contributed by atoms with Gasteiger partial charge >= 0.3 is 5.97 Å². The first-order chi connectivity index (χ1) is 18.6. The fraction of sp³-hybridized carbons (Fsp3) is 0.429. The minimum absolute atomic E-state index is 0.236. The van der Waals surface area contributed by atoms with E-state index in [4.69, 9.17) is 9.26 Å². The van der Waals surface area contributed by atoms with E-state index in [-0.39, 0.29) is 18.2 Å². The number of rotatable bonds is 11. The second-order valence-electron chi connectivity index (χ2n) is 9.62. The Morgan fingerprint density at radius 3 is 2.23 bits per heavy atom. The number of amides is 3. The van der Waals surface area contributed by atoms with Crippen LogP contribution in [0.3, 0.4) is 0 Å². The van der Waals surface area contributed by atoms with Crippen LogP contribution in [0.4, 0.5) is 5.69 Å². The van der Waals surface area contributed by atoms with Crippen LogP contribution in [0.2, 0.25) is 0 Å². The van der Waals surface area contributed by atoms with E-state index in [2.05, 4.69) is 16.0 Å². The Labute approximate surface area is 228 Å². The largest absolute Gasteiger partial charge is 0.465 e. The molecule has 1 aliphatic carbocycles. The van der Waals surface area contributed by atoms with E-state index < -0.39 is 42.6 Å². The molecule has 0 spiro atoms. The molecule has 2 aromatic rings. The van der Waals surface area contributed by atoms with E-state index in [0.29, 0.717) is 30.5 Å². The lowest BCUT2D eigenvalue weighted by Gasteiger charge is -2.32. The van der Waals surface area contributed by atoms with E-state index in [1.807, 2.05) is 30.3 Å². The van der Waals surface area contributed by atoms with Crippen molar-refractivity contribution < 1.29 is 33.0 Å². The zero-order valence-corrected chi connectivity index (χ0v) is 23.5. The number of benzene rings is 2. The standard InChI is InChI=1S/C28H36N3O7P/c1-18(32)29-19(2)39(36,38-4)25-12-8-11-23(25)26(33)31-24(17-20-9-6-5-7-10-20)27(34)30-22-15-13-21(14-16-22)28(35)37-3/h5-7,9-10,13-16,19,23-25H,8,11-12,17H2,1-4H3,(H,29,32)(H,30,34)(H,31,33)/t19?,23?,24-,25?,39?/m0/s1. The van der Waals surface area contributed by atoms with Crippen molar-refractivity contribution in [3.05, 3.63) is 65.7 Å². The Hall–Kier alpha value is -3.49. The van der Waals surface area contributed by atoms with Crippen LogP contribution in [0.15, 0.2) is 54.6 Å². The molecule has 0 aliphatic heterocycles. The fourth-order valence-electron chi connectivity index (χ4n) is 5.02. The van der Waals surface area contributed by atoms with Gasteiger partial charge in [-0.05, 0) is 49.6 Å². The Morgan fingerprint density at radius 2 is 1.64 bits per heavy atom. The zero-order chi connectivity index (χ0) is 28.6. The van der Waals surface area contributed by atoms with E-state index in [0.717, 1.165) is 5.56 Å². The van der Waals surface area contributed by atoms with Gasteiger partial charge in [0.25, 0.3) is 0 Å². The van der Waals surface area contributed by atoms with Gasteiger partial charge < -0.3 is 25.2 Å². The van der Waals surface area contributed by atoms with Crippen molar-refractivity contribution in [2.45, 2.75) is 57.0 Å². The first kappa shape index (κ1) is 30.1. The number of hydrogen-bond acceptors (Lipinski definition) is 7. The van der Waals surface area contributed by atoms with Crippen LogP contribution in [0.5, 0.6) is 0 Å². The Morgan fingerprint density at radius 1 is 0.974 bits per heavy atom. The first-order valence-electron chi connectivity index (χ1n) is 12.8. The number of carbonyl (C=O) groups is 4. The van der Waals surface area contributed by atoms with Crippen LogP contribution < -0.4 is 16.0 Å². The molecule has 5 atom stereocenters. The summed E-state index contributed by atoms with van der Waals surface area (Å²) in [6.45, 7) is 2.96. The Kier molecular flexibility index (Phi) is 10.4. The van der Waals surface area contributed by atoms with Gasteiger partial charge in [0.15, 0.2) is 0 Å². The van der Waals surface area contributed by atoms with Gasteiger partial charge in [0.2, 0.25) is 25.1 Å². The van der Waals surface area contributed by atoms with Crippen molar-refractivity contribution in [2.24, 2.45) is 5.92 Å². The third-order valence-electron chi connectivity index (χ3n) is 7.01. The molecule has 3 N–H and O–H groups in total. The molecule has 0 radical (unpaired) electrons. The number of hydrogen-bond donors (Lipinski definition) is 3. The van der Waals surface area contributed by atoms with Gasteiger partial charge in [-0.3, -0.25) is 18.9 Å². The van der Waals surface area contributed by atoms with E-state index in [1.165, 1.54) is 33.3 Å². The molecule has 0 bridgehead atoms. The van der Waals surface area contributed by atoms with Gasteiger partial charge in [-0.2, -0.15) is 0 Å². The van der Waals surface area contributed by atoms with Gasteiger partial charge in [-0.25, -0.2) is 4.79 Å². The van der Waals surface area contributed by atoms with Crippen LogP contribution in [0, 0.1) is 5.92 Å². The number of ether oxygens (including phenoxy) is 1. The number of carbonyl (C=O) groups excluding carboxylic acids is 4. The summed E-state index contributed by atoms with van der Waals surface area (Å²) in [5.41, 5.74) is 1.05. The highest BCUT2D eigenvalue weighted by molar-refractivity contribution is 7.60. The van der Waals surface area contributed by atoms with Crippen molar-refractivity contribution in [3.63, 3.8) is 0 Å². The smallest absolute Gasteiger partial charge is 0.337 e. The number of nitrogens with one attached hydrogen (secondary N) is 3. The summed E-state index contributed by atoms with van der Waals surface area (Å²) < 4.78 is 24.0. The summed E-state index contributed by atoms with van der Waals surface area (Å²) >= 11 is 0. The maximum atomic E-state index is 13.9. The summed E-state index contributed by atoms with van der Waals surface area (Å²) in [6.07, 6.45) is 1.91. The van der Waals surface area contributed by atoms with E-state index in [9.17, 15) is 23.7 Å². The van der Waals surface area contributed by atoms with Crippen LogP contribution >= 0.6 is 7.37 Å². The quantitative estimate of drug-likeness (QED) is 0.283. The maximum absolute atomic E-state index is 13.9. The molecule has 2 aromatic carbocycles. The summed E-state index contributed by atoms with van der Waals surface area (Å²) in [5, 5.41) is 8.34. The summed E-state index contributed by atoms with van der Waals surface area (Å²) in [7, 11) is -0.814. The Bertz CT molecular complexity index is 1220. The fourth-order valence-corrected chi connectivity index (χ4v) is 7.87. The monoisotopic (exact) mass is 557 g/mol. The van der Waals surface area contributed by atoms with Gasteiger partial charge in [0.05, 0.1) is 12.7 Å². The maximum Gasteiger partial charge on any atom is 0.337 e. The molecule has 10 nitrogen and oxygen atoms in total. The summed E-state index contributed by atoms with van der Waals surface area (Å²) in [4.78, 5) is 50.3. The highest BCUT2D eigenvalue weighted by Gasteiger charge is 2.48. The SMILES string of the molecule is COC(=O)c1ccc(NC(=O)[C@H](Cc2ccccc2)NC(=O)C2CCCC2P(=O)(OC)C(C)NC(C)=O)cc1. The molecule has 0 aromatic heterocycles. The van der Waals surface area contributed by atoms with Gasteiger partial charge in [0.1, 0.15) is 11.8 Å². The molecule has 39 heavy (non-hydrogen) atoms. The predicted molar refractivity (Wildman–Crippen MR) is 148 cm³/mol. The van der Waals surface area contributed by atoms with Crippen molar-refractivity contribution in [3.8, 4) is 0 Å². The molecule has 1 saturated carbocycles. The van der Waals surface area contributed by atoms with Gasteiger partial charge in [-0.1, -0.05) is 36.8 Å². The van der Waals surface area contributed by atoms with Crippen molar-refractivity contribution >= 4 is 36.7 Å². The molecule has 1 fully saturated rings. The third kappa shape index (κ3) is 7.55. The van der Waals surface area contributed by atoms with Crippen LogP contribution in [0.1, 0.15) is 49.0 Å². The van der Waals surface area contributed by atoms with Crippen LogP contribution in [0.25, 0.3) is 0 Å². The normalized spacial score (nSPS) is 19.7. The minimum Gasteiger partial charge on any atom is -0.465 e. The lowest BCUT2D eigenvalue weighted by Crippen LogP contribution is -2.49. The van der Waals surface area contributed by atoms with Crippen molar-refractivity contribution in [1.29, 1.82) is 0 Å². The van der Waals surface area contributed by atoms with Gasteiger partial charge in [0, 0.05) is 37.7 Å². The first-order valence-corrected chi connectivity index (χ1v) is 14.6. The third-order valence-corrected chi connectivity index (χ3v) is 10.3. The molecular weight excluding hydrogens is 521 g/mol. The molecule has 0 heterocycles. The summed E-state index contributed by atoms with van der Waals surface area (Å²) in [5.74, 6) is -3.05. The average molecular weight is 558 g/mol. The topological polar surface area (TPSA) is 140 Å². The highest BCUT2D eigenvalue weighted by Crippen LogP contribution is 2.61. The molecular formula is C28H36N3O7P. The second-order valence-corrected chi connectivity index (χ2v) is 12.7. The van der Waals surface area contributed by atoms with E-state index >= 15 is 0 Å². The molecule has 1 aliphatic rings. The lowest BCUT2D eigenvalue weighted by atomic mass is 10.0. The van der Waals surface area contributed by atoms with Crippen molar-refractivity contribution in [1.82, 2.24) is 10.6 Å². The van der Waals surface area contributed by atoms with Gasteiger partial charge in [-0.15, -0.1) is 0 Å². The van der Waals surface area contributed by atoms with Crippen LogP contribution in [-0.4, -0.2) is 55.4 Å². The van der Waals surface area contributed by atoms with E-state index in [1.54, 1.807) is 19.1 Å². The molecule has 3 amide bonds. The molecule has 210 valence electrons. The zero-order valence-electron chi connectivity index (χ0n) is 22.6. The van der Waals surface area contributed by atoms with Crippen molar-refractivity contribution in [2.75, 3.05) is 19.5 Å². The number of esters is 1. The van der Waals surface area contributed by atoms with Crippen LogP contribution in [-0.2, 0) is 34.6 Å². The highest BCUT2D eigenvalue weighted by atomic mass is 31.2. The molecule has 11 heteroatoms. The Balaban J connectivity index is 1.80. The number of anilines is 1. The molecule has 0 saturated heterocycles. The molecule has 4 unspecified atom stereocenters. The molecule has 3 rings (SSSR count). The lowest BCUT2D eigenvalue weighted by molar-refractivity contribution is -0.129. The number of methoxy groups -OCH3 is 1. The average Bonchev–Trinajstić information content (AvgIpc) is 3.43. The predicted octanol–water partition coefficient (Wildman–Crippen LogP) is 3.71. The summed E-state index contributed by atoms with van der Waals surface area (Å²) in [6, 6.07) is 14.6. The second kappa shape index (κ2) is 13.5.